The molecular weight excluding hydrogens is 434 g/mol. The first-order valence-electron chi connectivity index (χ1n) is 13.2. The van der Waals surface area contributed by atoms with Crippen LogP contribution in [-0.2, 0) is 19.4 Å². The molecule has 0 spiro atoms. The van der Waals surface area contributed by atoms with Gasteiger partial charge in [0.2, 0.25) is 8.32 Å². The number of fused-ring (bicyclic) bond motifs is 4. The van der Waals surface area contributed by atoms with E-state index in [0.29, 0.717) is 36.6 Å². The van der Waals surface area contributed by atoms with E-state index in [-0.39, 0.29) is 5.04 Å². The van der Waals surface area contributed by atoms with Gasteiger partial charge in [-0.3, -0.25) is 4.68 Å². The molecule has 0 amide bonds. The Bertz CT molecular complexity index is 1060. The molecule has 0 bridgehead atoms. The van der Waals surface area contributed by atoms with Crippen molar-refractivity contribution in [1.82, 2.24) is 9.78 Å². The Balaban J connectivity index is 1.60. The fourth-order valence-corrected chi connectivity index (χ4v) is 7.06. The molecule has 1 heterocycles. The maximum Gasteiger partial charge on any atom is 0.250 e. The minimum Gasteiger partial charge on any atom is -0.543 e. The maximum absolute atomic E-state index is 9.08. The summed E-state index contributed by atoms with van der Waals surface area (Å²) in [5.41, 5.74) is 5.85. The van der Waals surface area contributed by atoms with Gasteiger partial charge in [-0.2, -0.15) is 10.4 Å². The van der Waals surface area contributed by atoms with Crippen molar-refractivity contribution < 1.29 is 4.43 Å². The fourth-order valence-electron chi connectivity index (χ4n) is 6.04. The number of nitriles is 1. The minimum atomic E-state index is -1.84. The Hall–Kier alpha value is -2.06. The van der Waals surface area contributed by atoms with Crippen LogP contribution in [0.5, 0.6) is 5.75 Å². The summed E-state index contributed by atoms with van der Waals surface area (Å²) in [5, 5.41) is 14.0. The lowest BCUT2D eigenvalue weighted by Crippen LogP contribution is -2.43. The van der Waals surface area contributed by atoms with Crippen molar-refractivity contribution in [1.29, 1.82) is 5.26 Å². The van der Waals surface area contributed by atoms with Crippen LogP contribution in [0.4, 0.5) is 0 Å². The highest BCUT2D eigenvalue weighted by molar-refractivity contribution is 6.74. The van der Waals surface area contributed by atoms with E-state index in [4.69, 9.17) is 9.69 Å². The van der Waals surface area contributed by atoms with E-state index in [1.54, 1.807) is 5.56 Å². The third-order valence-corrected chi connectivity index (χ3v) is 13.4. The molecule has 5 heteroatoms. The Kier molecular flexibility index (Phi) is 7.02. The first kappa shape index (κ1) is 25.0. The first-order valence-corrected chi connectivity index (χ1v) is 16.2. The molecule has 184 valence electrons. The molecule has 4 atom stereocenters. The van der Waals surface area contributed by atoms with Crippen molar-refractivity contribution in [3.8, 4) is 11.8 Å². The molecule has 0 fully saturated rings. The highest BCUT2D eigenvalue weighted by Gasteiger charge is 2.40. The monoisotopic (exact) mass is 477 g/mol. The van der Waals surface area contributed by atoms with E-state index in [9.17, 15) is 0 Å². The highest BCUT2D eigenvalue weighted by Crippen LogP contribution is 2.47. The number of hydrogen-bond donors (Lipinski definition) is 0. The molecule has 2 aliphatic carbocycles. The lowest BCUT2D eigenvalue weighted by Gasteiger charge is -2.39. The zero-order valence-electron chi connectivity index (χ0n) is 22.3. The SMILES string of the molecule is CC1Cc2cnn(CCC#N)c2[C@@H](C)CCC2c3ccc(O[Si](C)(C)C(C)(C)C)cc3CCC12. The maximum atomic E-state index is 9.08. The van der Waals surface area contributed by atoms with Crippen LogP contribution < -0.4 is 4.43 Å². The minimum absolute atomic E-state index is 0.204. The molecule has 0 aliphatic heterocycles. The second kappa shape index (κ2) is 9.53. The normalized spacial score (nSPS) is 25.1. The third kappa shape index (κ3) is 4.84. The smallest absolute Gasteiger partial charge is 0.250 e. The van der Waals surface area contributed by atoms with Gasteiger partial charge >= 0.3 is 0 Å². The molecular formula is C29H43N3OSi. The highest BCUT2D eigenvalue weighted by atomic mass is 28.4. The summed E-state index contributed by atoms with van der Waals surface area (Å²) in [6.07, 6.45) is 8.49. The fraction of sp³-hybridized carbons (Fsp3) is 0.655. The molecule has 2 aromatic rings. The molecule has 4 nitrogen and oxygen atoms in total. The van der Waals surface area contributed by atoms with Crippen molar-refractivity contribution >= 4 is 8.32 Å². The predicted octanol–water partition coefficient (Wildman–Crippen LogP) is 7.60. The van der Waals surface area contributed by atoms with Crippen LogP contribution in [0.3, 0.4) is 0 Å². The van der Waals surface area contributed by atoms with Crippen molar-refractivity contribution in [3.63, 3.8) is 0 Å². The Morgan fingerprint density at radius 3 is 2.62 bits per heavy atom. The molecule has 2 aliphatic rings. The predicted molar refractivity (Wildman–Crippen MR) is 142 cm³/mol. The van der Waals surface area contributed by atoms with Crippen LogP contribution in [0.2, 0.25) is 18.1 Å². The van der Waals surface area contributed by atoms with Crippen molar-refractivity contribution in [3.05, 3.63) is 46.8 Å². The van der Waals surface area contributed by atoms with Gasteiger partial charge in [0.05, 0.1) is 25.2 Å². The quantitative estimate of drug-likeness (QED) is 0.426. The van der Waals surface area contributed by atoms with E-state index in [2.05, 4.69) is 88.0 Å². The van der Waals surface area contributed by atoms with Crippen molar-refractivity contribution in [2.45, 2.75) is 110 Å². The average molecular weight is 478 g/mol. The van der Waals surface area contributed by atoms with E-state index in [0.717, 1.165) is 18.6 Å². The number of nitrogens with zero attached hydrogens (tertiary/aromatic N) is 3. The van der Waals surface area contributed by atoms with Gasteiger partial charge in [-0.05, 0) is 103 Å². The Labute approximate surface area is 207 Å². The number of rotatable bonds is 4. The van der Waals surface area contributed by atoms with Crippen LogP contribution in [0.15, 0.2) is 24.4 Å². The molecule has 1 aromatic carbocycles. The van der Waals surface area contributed by atoms with Gasteiger partial charge in [0.25, 0.3) is 0 Å². The van der Waals surface area contributed by atoms with E-state index >= 15 is 0 Å². The summed E-state index contributed by atoms with van der Waals surface area (Å²) >= 11 is 0. The van der Waals surface area contributed by atoms with E-state index < -0.39 is 8.32 Å². The lowest BCUT2D eigenvalue weighted by atomic mass is 9.67. The van der Waals surface area contributed by atoms with Crippen molar-refractivity contribution in [2.75, 3.05) is 0 Å². The van der Waals surface area contributed by atoms with Gasteiger partial charge in [-0.25, -0.2) is 0 Å². The largest absolute Gasteiger partial charge is 0.543 e. The summed E-state index contributed by atoms with van der Waals surface area (Å²) < 4.78 is 8.77. The number of aryl methyl sites for hydroxylation is 2. The number of benzene rings is 1. The molecule has 0 radical (unpaired) electrons. The summed E-state index contributed by atoms with van der Waals surface area (Å²) in [6, 6.07) is 9.29. The lowest BCUT2D eigenvalue weighted by molar-refractivity contribution is 0.252. The zero-order chi connectivity index (χ0) is 24.7. The first-order chi connectivity index (χ1) is 16.0. The van der Waals surface area contributed by atoms with Gasteiger partial charge in [-0.1, -0.05) is 40.7 Å². The van der Waals surface area contributed by atoms with E-state index in [1.165, 1.54) is 36.1 Å². The average Bonchev–Trinajstić information content (AvgIpc) is 3.17. The van der Waals surface area contributed by atoms with E-state index in [1.807, 2.05) is 0 Å². The third-order valence-electron chi connectivity index (χ3n) is 9.00. The second-order valence-electron chi connectivity index (χ2n) is 12.4. The number of aromatic nitrogens is 2. The van der Waals surface area contributed by atoms with Gasteiger partial charge in [0, 0.05) is 5.69 Å². The molecule has 34 heavy (non-hydrogen) atoms. The van der Waals surface area contributed by atoms with Crippen LogP contribution in [0.1, 0.15) is 94.5 Å². The zero-order valence-corrected chi connectivity index (χ0v) is 23.3. The Morgan fingerprint density at radius 2 is 1.91 bits per heavy atom. The summed E-state index contributed by atoms with van der Waals surface area (Å²) in [5.74, 6) is 3.49. The van der Waals surface area contributed by atoms with Crippen LogP contribution in [0.25, 0.3) is 0 Å². The Morgan fingerprint density at radius 1 is 1.15 bits per heavy atom. The van der Waals surface area contributed by atoms with Crippen LogP contribution in [0, 0.1) is 23.2 Å². The summed E-state index contributed by atoms with van der Waals surface area (Å²) in [4.78, 5) is 0. The van der Waals surface area contributed by atoms with Gasteiger partial charge in [0.15, 0.2) is 0 Å². The summed E-state index contributed by atoms with van der Waals surface area (Å²) in [6.45, 7) is 17.1. The molecule has 4 rings (SSSR count). The molecule has 0 N–H and O–H groups in total. The number of hydrogen-bond acceptors (Lipinski definition) is 3. The molecule has 0 saturated heterocycles. The topological polar surface area (TPSA) is 50.8 Å². The standard InChI is InChI=1S/C29H43N3OSi/c1-20-9-12-27-25(21(2)17-23-19-31-32(28(20)23)16-8-15-30)13-10-22-18-24(11-14-26(22)27)33-34(6,7)29(3,4)5/h11,14,18-21,25,27H,8-10,12-13,16-17H2,1-7H3/t20-,21?,25?,27?/m0/s1. The van der Waals surface area contributed by atoms with Crippen LogP contribution in [-0.4, -0.2) is 18.1 Å². The molecule has 0 saturated carbocycles. The summed E-state index contributed by atoms with van der Waals surface area (Å²) in [7, 11) is -1.84. The van der Waals surface area contributed by atoms with Crippen LogP contribution >= 0.6 is 0 Å². The van der Waals surface area contributed by atoms with Gasteiger partial charge in [-0.15, -0.1) is 0 Å². The molecule has 3 unspecified atom stereocenters. The molecule has 1 aromatic heterocycles. The van der Waals surface area contributed by atoms with Gasteiger partial charge < -0.3 is 4.43 Å². The second-order valence-corrected chi connectivity index (χ2v) is 17.1. The van der Waals surface area contributed by atoms with Gasteiger partial charge in [0.1, 0.15) is 5.75 Å². The van der Waals surface area contributed by atoms with Crippen molar-refractivity contribution in [2.24, 2.45) is 11.8 Å².